The van der Waals surface area contributed by atoms with Gasteiger partial charge in [-0.25, -0.2) is 4.39 Å². The Balaban J connectivity index is 2.48. The normalized spacial score (nSPS) is 10.1. The van der Waals surface area contributed by atoms with Crippen LogP contribution in [-0.4, -0.2) is 0 Å². The molecule has 0 nitrogen and oxygen atoms in total. The monoisotopic (exact) mass is 177 g/mol. The summed E-state index contributed by atoms with van der Waals surface area (Å²) in [5.74, 6) is -0.200. The van der Waals surface area contributed by atoms with Crippen molar-refractivity contribution in [2.24, 2.45) is 0 Å². The number of thiophene rings is 1. The van der Waals surface area contributed by atoms with Crippen molar-refractivity contribution < 1.29 is 4.39 Å². The smallest absolute Gasteiger partial charge is 0.123 e. The second-order valence-electron chi connectivity index (χ2n) is 2.40. The summed E-state index contributed by atoms with van der Waals surface area (Å²) in [4.78, 5) is 0.981. The molecule has 0 N–H and O–H groups in total. The minimum absolute atomic E-state index is 0.200. The topological polar surface area (TPSA) is 0 Å². The Kier molecular flexibility index (Phi) is 1.92. The molecule has 1 heterocycles. The number of hydrogen-bond donors (Lipinski definition) is 0. The molecule has 0 spiro atoms. The highest BCUT2D eigenvalue weighted by molar-refractivity contribution is 7.13. The molecule has 1 aromatic heterocycles. The van der Waals surface area contributed by atoms with Crippen molar-refractivity contribution in [1.82, 2.24) is 0 Å². The Labute approximate surface area is 74.3 Å². The fourth-order valence-electron chi connectivity index (χ4n) is 1.03. The Morgan fingerprint density at radius 3 is 2.92 bits per heavy atom. The van der Waals surface area contributed by atoms with E-state index in [9.17, 15) is 4.39 Å². The first-order valence-electron chi connectivity index (χ1n) is 3.57. The third-order valence-electron chi connectivity index (χ3n) is 1.56. The first-order valence-corrected chi connectivity index (χ1v) is 4.45. The molecule has 0 saturated heterocycles. The van der Waals surface area contributed by atoms with E-state index in [0.29, 0.717) is 0 Å². The first-order chi connectivity index (χ1) is 5.86. The summed E-state index contributed by atoms with van der Waals surface area (Å²) in [5.41, 5.74) is 0.894. The zero-order chi connectivity index (χ0) is 8.39. The van der Waals surface area contributed by atoms with Gasteiger partial charge >= 0.3 is 0 Å². The zero-order valence-corrected chi connectivity index (χ0v) is 7.07. The van der Waals surface area contributed by atoms with E-state index in [-0.39, 0.29) is 5.82 Å². The van der Waals surface area contributed by atoms with Gasteiger partial charge < -0.3 is 0 Å². The van der Waals surface area contributed by atoms with Gasteiger partial charge in [-0.1, -0.05) is 12.1 Å². The first kappa shape index (κ1) is 7.50. The van der Waals surface area contributed by atoms with Gasteiger partial charge in [0.2, 0.25) is 0 Å². The Bertz CT molecular complexity index is 365. The molecule has 59 valence electrons. The molecule has 0 saturated carbocycles. The van der Waals surface area contributed by atoms with Crippen LogP contribution in [0.1, 0.15) is 0 Å². The van der Waals surface area contributed by atoms with Crippen LogP contribution in [0.15, 0.2) is 35.7 Å². The summed E-state index contributed by atoms with van der Waals surface area (Å²) < 4.78 is 12.7. The lowest BCUT2D eigenvalue weighted by atomic mass is 10.2. The van der Waals surface area contributed by atoms with Crippen LogP contribution in [0.25, 0.3) is 10.4 Å². The average molecular weight is 177 g/mol. The zero-order valence-electron chi connectivity index (χ0n) is 6.25. The van der Waals surface area contributed by atoms with Gasteiger partial charge in [-0.2, -0.15) is 0 Å². The molecule has 0 fully saturated rings. The van der Waals surface area contributed by atoms with Crippen molar-refractivity contribution in [1.29, 1.82) is 0 Å². The van der Waals surface area contributed by atoms with Gasteiger partial charge in [0.1, 0.15) is 5.82 Å². The van der Waals surface area contributed by atoms with Gasteiger partial charge in [0, 0.05) is 10.9 Å². The molecule has 0 unspecified atom stereocenters. The van der Waals surface area contributed by atoms with Crippen LogP contribution in [0.3, 0.4) is 0 Å². The molecule has 0 aliphatic heterocycles. The standard InChI is InChI=1S/C10H6FS/c11-9-4-1-3-8(7-9)10-5-2-6-12-10/h1-4,6-7H. The summed E-state index contributed by atoms with van der Waals surface area (Å²) in [6.45, 7) is 0. The maximum atomic E-state index is 12.7. The quantitative estimate of drug-likeness (QED) is 0.626. The van der Waals surface area contributed by atoms with Crippen LogP contribution in [0, 0.1) is 11.9 Å². The van der Waals surface area contributed by atoms with Crippen LogP contribution in [0.4, 0.5) is 4.39 Å². The highest BCUT2D eigenvalue weighted by Gasteiger charge is 1.98. The number of benzene rings is 1. The van der Waals surface area contributed by atoms with Crippen LogP contribution in [0.2, 0.25) is 0 Å². The molecule has 0 aliphatic rings. The van der Waals surface area contributed by atoms with Crippen molar-refractivity contribution in [3.8, 4) is 10.4 Å². The molecular weight excluding hydrogens is 171 g/mol. The lowest BCUT2D eigenvalue weighted by Crippen LogP contribution is -1.74. The van der Waals surface area contributed by atoms with Crippen molar-refractivity contribution in [3.63, 3.8) is 0 Å². The second kappa shape index (κ2) is 3.07. The molecule has 0 aliphatic carbocycles. The summed E-state index contributed by atoms with van der Waals surface area (Å²) >= 11 is 1.56. The van der Waals surface area contributed by atoms with Gasteiger partial charge in [0.25, 0.3) is 0 Å². The summed E-state index contributed by atoms with van der Waals surface area (Å²) in [6, 6.07) is 11.4. The molecule has 2 aromatic rings. The largest absolute Gasteiger partial charge is 0.207 e. The van der Waals surface area contributed by atoms with E-state index in [1.165, 1.54) is 12.1 Å². The van der Waals surface area contributed by atoms with Gasteiger partial charge in [0.15, 0.2) is 0 Å². The molecule has 2 rings (SSSR count). The molecule has 1 aromatic carbocycles. The minimum atomic E-state index is -0.200. The lowest BCUT2D eigenvalue weighted by molar-refractivity contribution is 0.628. The van der Waals surface area contributed by atoms with Crippen LogP contribution >= 0.6 is 11.3 Å². The van der Waals surface area contributed by atoms with E-state index in [0.717, 1.165) is 10.4 Å². The minimum Gasteiger partial charge on any atom is -0.207 e. The predicted octanol–water partition coefficient (Wildman–Crippen LogP) is 3.35. The summed E-state index contributed by atoms with van der Waals surface area (Å²) in [7, 11) is 0. The summed E-state index contributed by atoms with van der Waals surface area (Å²) in [5, 5.41) is 1.93. The predicted molar refractivity (Wildman–Crippen MR) is 48.5 cm³/mol. The Morgan fingerprint density at radius 1 is 1.33 bits per heavy atom. The van der Waals surface area contributed by atoms with E-state index in [1.54, 1.807) is 17.4 Å². The number of halogens is 1. The Hall–Kier alpha value is -1.15. The van der Waals surface area contributed by atoms with Crippen molar-refractivity contribution in [3.05, 3.63) is 47.6 Å². The average Bonchev–Trinajstić information content (AvgIpc) is 2.56. The molecule has 0 bridgehead atoms. The molecule has 2 heteroatoms. The molecule has 0 atom stereocenters. The van der Waals surface area contributed by atoms with Crippen molar-refractivity contribution >= 4 is 11.3 Å². The molecular formula is C10H6FS. The van der Waals surface area contributed by atoms with E-state index < -0.39 is 0 Å². The van der Waals surface area contributed by atoms with Gasteiger partial charge in [-0.3, -0.25) is 0 Å². The van der Waals surface area contributed by atoms with Crippen LogP contribution in [0.5, 0.6) is 0 Å². The fraction of sp³-hybridized carbons (Fsp3) is 0. The van der Waals surface area contributed by atoms with E-state index >= 15 is 0 Å². The molecule has 12 heavy (non-hydrogen) atoms. The van der Waals surface area contributed by atoms with Gasteiger partial charge in [0.05, 0.1) is 0 Å². The number of hydrogen-bond acceptors (Lipinski definition) is 1. The number of rotatable bonds is 1. The fourth-order valence-corrected chi connectivity index (χ4v) is 1.70. The highest BCUT2D eigenvalue weighted by atomic mass is 32.1. The molecule has 0 amide bonds. The van der Waals surface area contributed by atoms with Gasteiger partial charge in [-0.15, -0.1) is 11.3 Å². The third kappa shape index (κ3) is 1.38. The maximum absolute atomic E-state index is 12.7. The lowest BCUT2D eigenvalue weighted by Gasteiger charge is -1.95. The SMILES string of the molecule is Fc1cccc(-c2[c]ccs2)c1. The van der Waals surface area contributed by atoms with Gasteiger partial charge in [-0.05, 0) is 29.1 Å². The highest BCUT2D eigenvalue weighted by Crippen LogP contribution is 2.23. The van der Waals surface area contributed by atoms with Crippen LogP contribution in [-0.2, 0) is 0 Å². The Morgan fingerprint density at radius 2 is 2.25 bits per heavy atom. The second-order valence-corrected chi connectivity index (χ2v) is 3.32. The third-order valence-corrected chi connectivity index (χ3v) is 2.42. The maximum Gasteiger partial charge on any atom is 0.123 e. The van der Waals surface area contributed by atoms with E-state index in [4.69, 9.17) is 0 Å². The van der Waals surface area contributed by atoms with E-state index in [2.05, 4.69) is 6.07 Å². The summed E-state index contributed by atoms with van der Waals surface area (Å²) in [6.07, 6.45) is 0. The van der Waals surface area contributed by atoms with E-state index in [1.807, 2.05) is 17.5 Å². The molecule has 1 radical (unpaired) electrons. The van der Waals surface area contributed by atoms with Crippen LogP contribution < -0.4 is 0 Å². The van der Waals surface area contributed by atoms with Crippen molar-refractivity contribution in [2.45, 2.75) is 0 Å². The van der Waals surface area contributed by atoms with Crippen molar-refractivity contribution in [2.75, 3.05) is 0 Å².